The highest BCUT2D eigenvalue weighted by Gasteiger charge is 2.33. The molecule has 1 aromatic heterocycles. The molecule has 0 aliphatic rings. The molecule has 1 heterocycles. The summed E-state index contributed by atoms with van der Waals surface area (Å²) in [5.74, 6) is 0.685. The molecule has 0 atom stereocenters. The number of benzene rings is 2. The summed E-state index contributed by atoms with van der Waals surface area (Å²) in [7, 11) is 1.55. The van der Waals surface area contributed by atoms with Crippen molar-refractivity contribution < 1.29 is 17.9 Å². The molecule has 6 nitrogen and oxygen atoms in total. The molecule has 0 fully saturated rings. The summed E-state index contributed by atoms with van der Waals surface area (Å²) in [5.41, 5.74) is 7.55. The number of hydrogen-bond acceptors (Lipinski definition) is 3. The fourth-order valence-electron chi connectivity index (χ4n) is 3.02. The van der Waals surface area contributed by atoms with Crippen molar-refractivity contribution in [3.63, 3.8) is 0 Å². The van der Waals surface area contributed by atoms with Gasteiger partial charge in [-0.25, -0.2) is 9.67 Å². The van der Waals surface area contributed by atoms with Gasteiger partial charge in [0.15, 0.2) is 5.96 Å². The van der Waals surface area contributed by atoms with Gasteiger partial charge in [0.1, 0.15) is 5.75 Å². The smallest absolute Gasteiger partial charge is 0.416 e. The lowest BCUT2D eigenvalue weighted by atomic mass is 10.1. The first kappa shape index (κ1) is 24.5. The van der Waals surface area contributed by atoms with E-state index in [-0.39, 0.29) is 42.0 Å². The van der Waals surface area contributed by atoms with Crippen LogP contribution in [0.3, 0.4) is 0 Å². The van der Waals surface area contributed by atoms with E-state index in [4.69, 9.17) is 10.5 Å². The molecule has 10 heteroatoms. The first-order chi connectivity index (χ1) is 14.2. The van der Waals surface area contributed by atoms with E-state index in [1.54, 1.807) is 57.4 Å². The van der Waals surface area contributed by atoms with Crippen LogP contribution in [0.4, 0.5) is 18.9 Å². The predicted octanol–water partition coefficient (Wildman–Crippen LogP) is 5.06. The van der Waals surface area contributed by atoms with Crippen molar-refractivity contribution in [1.82, 2.24) is 9.78 Å². The van der Waals surface area contributed by atoms with Crippen LogP contribution in [0.2, 0.25) is 0 Å². The number of ether oxygens (including phenoxy) is 1. The Bertz CT molecular complexity index is 1060. The van der Waals surface area contributed by atoms with Crippen LogP contribution in [-0.4, -0.2) is 22.8 Å². The second-order valence-electron chi connectivity index (χ2n) is 6.73. The number of alkyl halides is 3. The Hall–Kier alpha value is -2.76. The Morgan fingerprint density at radius 3 is 2.35 bits per heavy atom. The van der Waals surface area contributed by atoms with Crippen LogP contribution >= 0.6 is 24.0 Å². The Labute approximate surface area is 195 Å². The minimum absolute atomic E-state index is 0. The quantitative estimate of drug-likeness (QED) is 0.267. The van der Waals surface area contributed by atoms with Gasteiger partial charge in [-0.05, 0) is 61.9 Å². The van der Waals surface area contributed by atoms with Gasteiger partial charge in [0.25, 0.3) is 0 Å². The Morgan fingerprint density at radius 2 is 1.81 bits per heavy atom. The van der Waals surface area contributed by atoms with E-state index in [1.165, 1.54) is 10.7 Å². The lowest BCUT2D eigenvalue weighted by Gasteiger charge is -2.15. The van der Waals surface area contributed by atoms with E-state index in [9.17, 15) is 13.2 Å². The monoisotopic (exact) mass is 545 g/mol. The Balaban J connectivity index is 0.00000341. The molecular formula is C21H23F3IN5O. The number of methoxy groups -OCH3 is 1. The molecule has 0 aliphatic heterocycles. The molecule has 0 bridgehead atoms. The summed E-state index contributed by atoms with van der Waals surface area (Å²) in [5, 5.41) is 7.10. The zero-order chi connectivity index (χ0) is 21.9. The van der Waals surface area contributed by atoms with Crippen LogP contribution in [0.1, 0.15) is 22.5 Å². The number of nitrogens with zero attached hydrogens (tertiary/aromatic N) is 3. The van der Waals surface area contributed by atoms with E-state index in [1.807, 2.05) is 0 Å². The Kier molecular flexibility index (Phi) is 7.93. The molecule has 0 saturated carbocycles. The minimum atomic E-state index is -4.53. The molecule has 0 amide bonds. The van der Waals surface area contributed by atoms with Crippen LogP contribution in [-0.2, 0) is 12.7 Å². The molecule has 2 aromatic carbocycles. The maximum atomic E-state index is 13.7. The Morgan fingerprint density at radius 1 is 1.13 bits per heavy atom. The van der Waals surface area contributed by atoms with Crippen molar-refractivity contribution in [1.29, 1.82) is 0 Å². The van der Waals surface area contributed by atoms with E-state index < -0.39 is 11.7 Å². The third-order valence-electron chi connectivity index (χ3n) is 4.44. The van der Waals surface area contributed by atoms with Gasteiger partial charge in [-0.1, -0.05) is 6.07 Å². The van der Waals surface area contributed by atoms with Crippen molar-refractivity contribution in [3.05, 3.63) is 71.0 Å². The topological polar surface area (TPSA) is 77.5 Å². The van der Waals surface area contributed by atoms with Gasteiger partial charge >= 0.3 is 6.18 Å². The van der Waals surface area contributed by atoms with Crippen LogP contribution in [0.5, 0.6) is 5.75 Å². The van der Waals surface area contributed by atoms with Gasteiger partial charge in [0.05, 0.1) is 30.6 Å². The van der Waals surface area contributed by atoms with Gasteiger partial charge in [0, 0.05) is 11.4 Å². The normalized spacial score (nSPS) is 11.7. The molecular weight excluding hydrogens is 522 g/mol. The maximum Gasteiger partial charge on any atom is 0.416 e. The molecule has 3 N–H and O–H groups in total. The summed E-state index contributed by atoms with van der Waals surface area (Å²) in [6.45, 7) is 3.36. The second-order valence-corrected chi connectivity index (χ2v) is 6.73. The number of aryl methyl sites for hydroxylation is 2. The number of nitrogens with one attached hydrogen (secondary N) is 1. The first-order valence-corrected chi connectivity index (χ1v) is 9.12. The molecule has 31 heavy (non-hydrogen) atoms. The summed E-state index contributed by atoms with van der Waals surface area (Å²) in [6, 6.07) is 12.8. The molecule has 166 valence electrons. The zero-order valence-corrected chi connectivity index (χ0v) is 19.5. The van der Waals surface area contributed by atoms with Crippen LogP contribution in [0, 0.1) is 13.8 Å². The van der Waals surface area contributed by atoms with Gasteiger partial charge < -0.3 is 15.8 Å². The van der Waals surface area contributed by atoms with Crippen molar-refractivity contribution in [3.8, 4) is 11.4 Å². The van der Waals surface area contributed by atoms with Crippen LogP contribution in [0.15, 0.2) is 53.5 Å². The third kappa shape index (κ3) is 6.12. The molecule has 0 unspecified atom stereocenters. The van der Waals surface area contributed by atoms with Crippen molar-refractivity contribution in [2.75, 3.05) is 12.4 Å². The zero-order valence-electron chi connectivity index (χ0n) is 17.2. The predicted molar refractivity (Wildman–Crippen MR) is 125 cm³/mol. The maximum absolute atomic E-state index is 13.7. The van der Waals surface area contributed by atoms with E-state index in [0.29, 0.717) is 17.1 Å². The molecule has 0 spiro atoms. The van der Waals surface area contributed by atoms with Crippen molar-refractivity contribution in [2.45, 2.75) is 26.6 Å². The summed E-state index contributed by atoms with van der Waals surface area (Å²) in [6.07, 6.45) is -4.53. The number of nitrogens with two attached hydrogens (primary N) is 1. The van der Waals surface area contributed by atoms with Gasteiger partial charge in [-0.15, -0.1) is 24.0 Å². The number of hydrogen-bond donors (Lipinski definition) is 2. The largest absolute Gasteiger partial charge is 0.497 e. The standard InChI is InChI=1S/C21H22F3N5O.HI/c1-13-10-14(2)29(28-13)17-7-4-15(19(11-17)21(22,23)24)12-26-20(25)27-16-5-8-18(30-3)9-6-16;/h4-11H,12H2,1-3H3,(H3,25,26,27);1H. The number of aliphatic imine (C=N–C) groups is 1. The number of rotatable bonds is 5. The number of halogens is 4. The first-order valence-electron chi connectivity index (χ1n) is 9.12. The summed E-state index contributed by atoms with van der Waals surface area (Å²) >= 11 is 0. The lowest BCUT2D eigenvalue weighted by Crippen LogP contribution is -2.22. The van der Waals surface area contributed by atoms with Crippen LogP contribution in [0.25, 0.3) is 5.69 Å². The lowest BCUT2D eigenvalue weighted by molar-refractivity contribution is -0.138. The highest BCUT2D eigenvalue weighted by molar-refractivity contribution is 14.0. The average molecular weight is 545 g/mol. The van der Waals surface area contributed by atoms with Gasteiger partial charge in [-0.2, -0.15) is 18.3 Å². The third-order valence-corrected chi connectivity index (χ3v) is 4.44. The molecule has 3 rings (SSSR count). The summed E-state index contributed by atoms with van der Waals surface area (Å²) < 4.78 is 47.5. The van der Waals surface area contributed by atoms with Crippen molar-refractivity contribution in [2.24, 2.45) is 10.7 Å². The molecule has 0 aliphatic carbocycles. The fourth-order valence-corrected chi connectivity index (χ4v) is 3.02. The highest BCUT2D eigenvalue weighted by Crippen LogP contribution is 2.34. The number of aromatic nitrogens is 2. The number of guanidine groups is 1. The van der Waals surface area contributed by atoms with Crippen LogP contribution < -0.4 is 15.8 Å². The van der Waals surface area contributed by atoms with Crippen molar-refractivity contribution >= 4 is 35.6 Å². The SMILES string of the molecule is COc1ccc(NC(N)=NCc2ccc(-n3nc(C)cc3C)cc2C(F)(F)F)cc1.I. The molecule has 3 aromatic rings. The van der Waals surface area contributed by atoms with E-state index >= 15 is 0 Å². The van der Waals surface area contributed by atoms with Gasteiger partial charge in [-0.3, -0.25) is 0 Å². The molecule has 0 saturated heterocycles. The van der Waals surface area contributed by atoms with Gasteiger partial charge in [0.2, 0.25) is 0 Å². The molecule has 0 radical (unpaired) electrons. The average Bonchev–Trinajstić information content (AvgIpc) is 3.04. The fraction of sp³-hybridized carbons (Fsp3) is 0.238. The minimum Gasteiger partial charge on any atom is -0.497 e. The number of anilines is 1. The highest BCUT2D eigenvalue weighted by atomic mass is 127. The second kappa shape index (κ2) is 10.0. The van der Waals surface area contributed by atoms with E-state index in [0.717, 1.165) is 17.5 Å². The summed E-state index contributed by atoms with van der Waals surface area (Å²) in [4.78, 5) is 4.06. The van der Waals surface area contributed by atoms with E-state index in [2.05, 4.69) is 15.4 Å².